The van der Waals surface area contributed by atoms with E-state index in [2.05, 4.69) is 15.5 Å². The second-order valence-electron chi connectivity index (χ2n) is 3.89. The van der Waals surface area contributed by atoms with Crippen LogP contribution < -0.4 is 5.32 Å². The van der Waals surface area contributed by atoms with Gasteiger partial charge in [0.15, 0.2) is 0 Å². The van der Waals surface area contributed by atoms with E-state index in [1.54, 1.807) is 17.9 Å². The zero-order chi connectivity index (χ0) is 12.3. The first-order valence-electron chi connectivity index (χ1n) is 5.38. The summed E-state index contributed by atoms with van der Waals surface area (Å²) < 4.78 is 1.66. The van der Waals surface area contributed by atoms with Gasteiger partial charge in [-0.15, -0.1) is 10.2 Å². The first kappa shape index (κ1) is 11.3. The molecule has 2 aromatic rings. The predicted octanol–water partition coefficient (Wildman–Crippen LogP) is 1.56. The Morgan fingerprint density at radius 1 is 1.35 bits per heavy atom. The standard InChI is InChI=1S/C12H14N4O/c1-9(10-6-4-3-5-7-10)11(17)14-12-15-13-8-16(12)2/h3-9H,1-2H3,(H,14,15,17)/t9-/m0/s1. The summed E-state index contributed by atoms with van der Waals surface area (Å²) in [7, 11) is 1.78. The zero-order valence-electron chi connectivity index (χ0n) is 9.79. The van der Waals surface area contributed by atoms with Crippen molar-refractivity contribution in [3.63, 3.8) is 0 Å². The molecule has 0 fully saturated rings. The summed E-state index contributed by atoms with van der Waals surface area (Å²) in [6.07, 6.45) is 1.54. The van der Waals surface area contributed by atoms with Crippen LogP contribution in [0.2, 0.25) is 0 Å². The fourth-order valence-corrected chi connectivity index (χ4v) is 1.51. The SMILES string of the molecule is C[C@H](C(=O)Nc1nncn1C)c1ccccc1. The zero-order valence-corrected chi connectivity index (χ0v) is 9.79. The number of aromatic nitrogens is 3. The molecule has 1 aromatic heterocycles. The van der Waals surface area contributed by atoms with Crippen molar-refractivity contribution in [1.82, 2.24) is 14.8 Å². The average molecular weight is 230 g/mol. The lowest BCUT2D eigenvalue weighted by Gasteiger charge is -2.11. The summed E-state index contributed by atoms with van der Waals surface area (Å²) >= 11 is 0. The molecule has 5 heteroatoms. The smallest absolute Gasteiger partial charge is 0.233 e. The van der Waals surface area contributed by atoms with E-state index in [0.29, 0.717) is 5.95 Å². The lowest BCUT2D eigenvalue weighted by atomic mass is 10.0. The van der Waals surface area contributed by atoms with Crippen LogP contribution in [0.4, 0.5) is 5.95 Å². The summed E-state index contributed by atoms with van der Waals surface area (Å²) in [6.45, 7) is 1.86. The molecule has 1 aromatic carbocycles. The molecule has 1 heterocycles. The number of hydrogen-bond donors (Lipinski definition) is 1. The number of aryl methyl sites for hydroxylation is 1. The van der Waals surface area contributed by atoms with Crippen molar-refractivity contribution in [2.45, 2.75) is 12.8 Å². The van der Waals surface area contributed by atoms with Gasteiger partial charge in [-0.3, -0.25) is 10.1 Å². The lowest BCUT2D eigenvalue weighted by Crippen LogP contribution is -2.20. The molecule has 1 N–H and O–H groups in total. The molecule has 0 unspecified atom stereocenters. The van der Waals surface area contributed by atoms with E-state index in [9.17, 15) is 4.79 Å². The number of carbonyl (C=O) groups excluding carboxylic acids is 1. The van der Waals surface area contributed by atoms with Crippen molar-refractivity contribution in [3.8, 4) is 0 Å². The third kappa shape index (κ3) is 2.50. The van der Waals surface area contributed by atoms with E-state index in [0.717, 1.165) is 5.56 Å². The van der Waals surface area contributed by atoms with Crippen LogP contribution in [0.25, 0.3) is 0 Å². The summed E-state index contributed by atoms with van der Waals surface area (Å²) in [5.41, 5.74) is 0.979. The fourth-order valence-electron chi connectivity index (χ4n) is 1.51. The molecule has 0 saturated carbocycles. The molecule has 0 bridgehead atoms. The summed E-state index contributed by atoms with van der Waals surface area (Å²) in [5, 5.41) is 10.3. The van der Waals surface area contributed by atoms with Gasteiger partial charge in [0.05, 0.1) is 5.92 Å². The quantitative estimate of drug-likeness (QED) is 0.870. The van der Waals surface area contributed by atoms with Gasteiger partial charge in [0.2, 0.25) is 11.9 Å². The van der Waals surface area contributed by atoms with E-state index >= 15 is 0 Å². The Balaban J connectivity index is 2.09. The maximum absolute atomic E-state index is 12.0. The molecule has 0 aliphatic heterocycles. The van der Waals surface area contributed by atoms with Crippen LogP contribution in [-0.4, -0.2) is 20.7 Å². The van der Waals surface area contributed by atoms with Crippen molar-refractivity contribution in [1.29, 1.82) is 0 Å². The fraction of sp³-hybridized carbons (Fsp3) is 0.250. The van der Waals surface area contributed by atoms with Gasteiger partial charge in [0, 0.05) is 7.05 Å². The molecule has 0 aliphatic rings. The largest absolute Gasteiger partial charge is 0.303 e. The Labute approximate surface area is 99.5 Å². The second kappa shape index (κ2) is 4.78. The molecule has 0 spiro atoms. The van der Waals surface area contributed by atoms with Crippen LogP contribution in [0.15, 0.2) is 36.7 Å². The third-order valence-electron chi connectivity index (χ3n) is 2.64. The highest BCUT2D eigenvalue weighted by atomic mass is 16.2. The molecule has 0 saturated heterocycles. The molecular formula is C12H14N4O. The summed E-state index contributed by atoms with van der Waals surface area (Å²) in [5.74, 6) is 0.151. The third-order valence-corrected chi connectivity index (χ3v) is 2.64. The van der Waals surface area contributed by atoms with Gasteiger partial charge < -0.3 is 4.57 Å². The minimum absolute atomic E-state index is 0.0905. The molecule has 2 rings (SSSR count). The van der Waals surface area contributed by atoms with Crippen LogP contribution >= 0.6 is 0 Å². The highest BCUT2D eigenvalue weighted by molar-refractivity contribution is 5.94. The van der Waals surface area contributed by atoms with E-state index in [1.165, 1.54) is 0 Å². The number of anilines is 1. The molecule has 1 amide bonds. The molecule has 1 atom stereocenters. The van der Waals surface area contributed by atoms with Crippen LogP contribution in [0, 0.1) is 0 Å². The summed E-state index contributed by atoms with van der Waals surface area (Å²) in [4.78, 5) is 12.0. The minimum Gasteiger partial charge on any atom is -0.303 e. The maximum atomic E-state index is 12.0. The average Bonchev–Trinajstić information content (AvgIpc) is 2.75. The van der Waals surface area contributed by atoms with Gasteiger partial charge in [-0.2, -0.15) is 0 Å². The van der Waals surface area contributed by atoms with Crippen LogP contribution in [0.3, 0.4) is 0 Å². The van der Waals surface area contributed by atoms with Crippen LogP contribution in [-0.2, 0) is 11.8 Å². The number of carbonyl (C=O) groups is 1. The van der Waals surface area contributed by atoms with Gasteiger partial charge >= 0.3 is 0 Å². The van der Waals surface area contributed by atoms with Gasteiger partial charge in [0.1, 0.15) is 6.33 Å². The predicted molar refractivity (Wildman–Crippen MR) is 64.5 cm³/mol. The normalized spacial score (nSPS) is 12.1. The monoisotopic (exact) mass is 230 g/mol. The van der Waals surface area contributed by atoms with Gasteiger partial charge in [-0.1, -0.05) is 30.3 Å². The topological polar surface area (TPSA) is 59.8 Å². The molecule has 17 heavy (non-hydrogen) atoms. The number of amides is 1. The van der Waals surface area contributed by atoms with Crippen molar-refractivity contribution in [2.24, 2.45) is 7.05 Å². The number of rotatable bonds is 3. The Morgan fingerprint density at radius 2 is 2.06 bits per heavy atom. The minimum atomic E-state index is -0.215. The Morgan fingerprint density at radius 3 is 2.65 bits per heavy atom. The Kier molecular flexibility index (Phi) is 3.18. The first-order valence-corrected chi connectivity index (χ1v) is 5.38. The van der Waals surface area contributed by atoms with Crippen LogP contribution in [0.5, 0.6) is 0 Å². The number of nitrogens with one attached hydrogen (secondary N) is 1. The highest BCUT2D eigenvalue weighted by Crippen LogP contribution is 2.16. The number of hydrogen-bond acceptors (Lipinski definition) is 3. The van der Waals surface area contributed by atoms with Gasteiger partial charge in [-0.05, 0) is 12.5 Å². The Bertz CT molecular complexity index is 506. The van der Waals surface area contributed by atoms with Gasteiger partial charge in [0.25, 0.3) is 0 Å². The van der Waals surface area contributed by atoms with Crippen molar-refractivity contribution < 1.29 is 4.79 Å². The Hall–Kier alpha value is -2.17. The van der Waals surface area contributed by atoms with E-state index in [-0.39, 0.29) is 11.8 Å². The molecule has 88 valence electrons. The maximum Gasteiger partial charge on any atom is 0.233 e. The molecule has 0 radical (unpaired) electrons. The van der Waals surface area contributed by atoms with E-state index in [4.69, 9.17) is 0 Å². The number of benzene rings is 1. The molecule has 5 nitrogen and oxygen atoms in total. The van der Waals surface area contributed by atoms with Crippen molar-refractivity contribution in [2.75, 3.05) is 5.32 Å². The van der Waals surface area contributed by atoms with Crippen molar-refractivity contribution in [3.05, 3.63) is 42.2 Å². The number of nitrogens with zero attached hydrogens (tertiary/aromatic N) is 3. The molecule has 0 aliphatic carbocycles. The summed E-state index contributed by atoms with van der Waals surface area (Å²) in [6, 6.07) is 9.63. The highest BCUT2D eigenvalue weighted by Gasteiger charge is 2.16. The van der Waals surface area contributed by atoms with Crippen LogP contribution in [0.1, 0.15) is 18.4 Å². The van der Waals surface area contributed by atoms with E-state index < -0.39 is 0 Å². The molecular weight excluding hydrogens is 216 g/mol. The van der Waals surface area contributed by atoms with Crippen molar-refractivity contribution >= 4 is 11.9 Å². The first-order chi connectivity index (χ1) is 8.18. The van der Waals surface area contributed by atoms with Gasteiger partial charge in [-0.25, -0.2) is 0 Å². The second-order valence-corrected chi connectivity index (χ2v) is 3.89. The van der Waals surface area contributed by atoms with E-state index in [1.807, 2.05) is 37.3 Å². The lowest BCUT2D eigenvalue weighted by molar-refractivity contribution is -0.117.